The lowest BCUT2D eigenvalue weighted by atomic mass is 10.2. The molecule has 1 aromatic carbocycles. The van der Waals surface area contributed by atoms with Gasteiger partial charge >= 0.3 is 0 Å². The summed E-state index contributed by atoms with van der Waals surface area (Å²) in [4.78, 5) is 4.04. The minimum absolute atomic E-state index is 0.0516. The van der Waals surface area contributed by atoms with Gasteiger partial charge in [-0.15, -0.1) is 0 Å². The third kappa shape index (κ3) is 2.14. The number of nitrogens with zero attached hydrogens (tertiary/aromatic N) is 2. The van der Waals surface area contributed by atoms with E-state index >= 15 is 0 Å². The zero-order valence-corrected chi connectivity index (χ0v) is 11.4. The van der Waals surface area contributed by atoms with E-state index in [9.17, 15) is 8.78 Å². The van der Waals surface area contributed by atoms with Gasteiger partial charge in [-0.1, -0.05) is 6.07 Å². The molecule has 2 nitrogen and oxygen atoms in total. The Morgan fingerprint density at radius 3 is 2.63 bits per heavy atom. The summed E-state index contributed by atoms with van der Waals surface area (Å²) in [6.07, 6.45) is 5.16. The van der Waals surface area contributed by atoms with E-state index in [4.69, 9.17) is 0 Å². The van der Waals surface area contributed by atoms with Gasteiger partial charge in [0.05, 0.1) is 18.3 Å². The Balaban J connectivity index is 2.11. The van der Waals surface area contributed by atoms with Gasteiger partial charge in [0.15, 0.2) is 0 Å². The number of pyridine rings is 1. The Hall–Kier alpha value is -1.75. The highest BCUT2D eigenvalue weighted by Crippen LogP contribution is 2.26. The number of aromatic nitrogens is 2. The zero-order valence-electron chi connectivity index (χ0n) is 9.78. The largest absolute Gasteiger partial charge is 0.340 e. The normalized spacial score (nSPS) is 11.1. The summed E-state index contributed by atoms with van der Waals surface area (Å²) in [6, 6.07) is 5.74. The van der Waals surface area contributed by atoms with Gasteiger partial charge in [-0.25, -0.2) is 8.78 Å². The number of benzene rings is 1. The van der Waals surface area contributed by atoms with Crippen LogP contribution in [0.15, 0.2) is 47.3 Å². The molecule has 5 heteroatoms. The van der Waals surface area contributed by atoms with E-state index in [0.29, 0.717) is 0 Å². The predicted molar refractivity (Wildman–Crippen MR) is 72.9 cm³/mol. The predicted octanol–water partition coefficient (Wildman–Crippen LogP) is 4.13. The topological polar surface area (TPSA) is 17.8 Å². The van der Waals surface area contributed by atoms with Gasteiger partial charge in [0, 0.05) is 27.8 Å². The maximum absolute atomic E-state index is 13.7. The first-order valence-corrected chi connectivity index (χ1v) is 6.47. The second kappa shape index (κ2) is 4.74. The van der Waals surface area contributed by atoms with Crippen molar-refractivity contribution < 1.29 is 8.78 Å². The van der Waals surface area contributed by atoms with Crippen molar-refractivity contribution in [2.24, 2.45) is 0 Å². The second-order valence-corrected chi connectivity index (χ2v) is 5.05. The third-order valence-corrected chi connectivity index (χ3v) is 3.66. The van der Waals surface area contributed by atoms with Gasteiger partial charge in [0.2, 0.25) is 0 Å². The van der Waals surface area contributed by atoms with Crippen LogP contribution in [0, 0.1) is 11.6 Å². The molecule has 96 valence electrons. The molecule has 0 aliphatic rings. The van der Waals surface area contributed by atoms with E-state index in [1.165, 1.54) is 18.2 Å². The average molecular weight is 323 g/mol. The fourth-order valence-electron chi connectivity index (χ4n) is 2.08. The molecular formula is C14H9BrF2N2. The molecule has 0 radical (unpaired) electrons. The quantitative estimate of drug-likeness (QED) is 0.693. The molecule has 0 aliphatic carbocycles. The maximum Gasteiger partial charge on any atom is 0.131 e. The molecule has 0 aliphatic heterocycles. The van der Waals surface area contributed by atoms with Crippen LogP contribution in [0.3, 0.4) is 0 Å². The van der Waals surface area contributed by atoms with Crippen molar-refractivity contribution in [3.05, 3.63) is 64.5 Å². The molecule has 0 bridgehead atoms. The van der Waals surface area contributed by atoms with Crippen molar-refractivity contribution in [3.8, 4) is 0 Å². The Labute approximate surface area is 116 Å². The number of hydrogen-bond donors (Lipinski definition) is 0. The lowest BCUT2D eigenvalue weighted by Gasteiger charge is -2.07. The first kappa shape index (κ1) is 12.3. The van der Waals surface area contributed by atoms with E-state index in [-0.39, 0.29) is 12.1 Å². The number of rotatable bonds is 2. The Morgan fingerprint density at radius 1 is 1.16 bits per heavy atom. The fraction of sp³-hybridized carbons (Fsp3) is 0.0714. The van der Waals surface area contributed by atoms with Gasteiger partial charge in [-0.05, 0) is 34.1 Å². The third-order valence-electron chi connectivity index (χ3n) is 3.03. The number of hydrogen-bond acceptors (Lipinski definition) is 1. The molecule has 0 amide bonds. The van der Waals surface area contributed by atoms with Crippen LogP contribution in [0.25, 0.3) is 10.9 Å². The van der Waals surface area contributed by atoms with Crippen molar-refractivity contribution in [3.63, 3.8) is 0 Å². The zero-order chi connectivity index (χ0) is 13.4. The lowest BCUT2D eigenvalue weighted by Crippen LogP contribution is -2.03. The highest BCUT2D eigenvalue weighted by molar-refractivity contribution is 9.10. The summed E-state index contributed by atoms with van der Waals surface area (Å²) in [6.45, 7) is 0.131. The second-order valence-electron chi connectivity index (χ2n) is 4.20. The van der Waals surface area contributed by atoms with Crippen molar-refractivity contribution in [2.45, 2.75) is 6.54 Å². The highest BCUT2D eigenvalue weighted by Gasteiger charge is 2.12. The number of fused-ring (bicyclic) bond motifs is 1. The van der Waals surface area contributed by atoms with Crippen LogP contribution in [-0.2, 0) is 6.54 Å². The Morgan fingerprint density at radius 2 is 1.89 bits per heavy atom. The molecule has 2 heterocycles. The fourth-order valence-corrected chi connectivity index (χ4v) is 2.66. The molecule has 0 fully saturated rings. The molecular weight excluding hydrogens is 314 g/mol. The summed E-state index contributed by atoms with van der Waals surface area (Å²) in [7, 11) is 0. The lowest BCUT2D eigenvalue weighted by molar-refractivity contribution is 0.547. The summed E-state index contributed by atoms with van der Waals surface area (Å²) in [5.41, 5.74) is 0.882. The van der Waals surface area contributed by atoms with Crippen LogP contribution in [0.2, 0.25) is 0 Å². The van der Waals surface area contributed by atoms with Crippen molar-refractivity contribution in [2.75, 3.05) is 0 Å². The molecule has 2 aromatic heterocycles. The van der Waals surface area contributed by atoms with Crippen LogP contribution in [0.5, 0.6) is 0 Å². The van der Waals surface area contributed by atoms with E-state index in [2.05, 4.69) is 20.9 Å². The van der Waals surface area contributed by atoms with Crippen molar-refractivity contribution in [1.29, 1.82) is 0 Å². The average Bonchev–Trinajstić information content (AvgIpc) is 2.72. The summed E-state index contributed by atoms with van der Waals surface area (Å²) < 4.78 is 30.0. The van der Waals surface area contributed by atoms with Crippen LogP contribution in [0.4, 0.5) is 8.78 Å². The summed E-state index contributed by atoms with van der Waals surface area (Å²) in [5, 5.41) is 0.965. The summed E-state index contributed by atoms with van der Waals surface area (Å²) >= 11 is 3.43. The molecule has 0 N–H and O–H groups in total. The van der Waals surface area contributed by atoms with Gasteiger partial charge in [-0.3, -0.25) is 4.98 Å². The van der Waals surface area contributed by atoms with Crippen LogP contribution < -0.4 is 0 Å². The van der Waals surface area contributed by atoms with Crippen LogP contribution in [-0.4, -0.2) is 9.55 Å². The molecule has 19 heavy (non-hydrogen) atoms. The van der Waals surface area contributed by atoms with Gasteiger partial charge in [0.1, 0.15) is 11.6 Å². The first-order chi connectivity index (χ1) is 9.16. The van der Waals surface area contributed by atoms with Crippen molar-refractivity contribution >= 4 is 26.8 Å². The highest BCUT2D eigenvalue weighted by atomic mass is 79.9. The first-order valence-electron chi connectivity index (χ1n) is 5.68. The molecule has 0 saturated carbocycles. The van der Waals surface area contributed by atoms with E-state index < -0.39 is 11.6 Å². The smallest absolute Gasteiger partial charge is 0.131 e. The molecule has 3 rings (SSSR count). The van der Waals surface area contributed by atoms with E-state index in [0.717, 1.165) is 15.4 Å². The standard InChI is InChI=1S/C14H9BrF2N2/c15-11-8-19(14-6-18-5-4-9(11)14)7-10-12(16)2-1-3-13(10)17/h1-6,8H,7H2. The Kier molecular flexibility index (Phi) is 3.06. The minimum atomic E-state index is -0.540. The SMILES string of the molecule is Fc1cccc(F)c1Cn1cc(Br)c2ccncc21. The Bertz CT molecular complexity index is 732. The van der Waals surface area contributed by atoms with Crippen molar-refractivity contribution in [1.82, 2.24) is 9.55 Å². The van der Waals surface area contributed by atoms with E-state index in [1.807, 2.05) is 6.07 Å². The minimum Gasteiger partial charge on any atom is -0.340 e. The molecule has 3 aromatic rings. The maximum atomic E-state index is 13.7. The van der Waals surface area contributed by atoms with Crippen LogP contribution >= 0.6 is 15.9 Å². The van der Waals surface area contributed by atoms with E-state index in [1.54, 1.807) is 23.2 Å². The molecule has 0 spiro atoms. The molecule has 0 unspecified atom stereocenters. The van der Waals surface area contributed by atoms with Gasteiger partial charge in [-0.2, -0.15) is 0 Å². The van der Waals surface area contributed by atoms with Gasteiger partial charge in [0.25, 0.3) is 0 Å². The monoisotopic (exact) mass is 322 g/mol. The van der Waals surface area contributed by atoms with Crippen LogP contribution in [0.1, 0.15) is 5.56 Å². The van der Waals surface area contributed by atoms with Gasteiger partial charge < -0.3 is 4.57 Å². The number of halogens is 3. The summed E-state index contributed by atoms with van der Waals surface area (Å²) in [5.74, 6) is -1.08. The molecule has 0 saturated heterocycles. The molecule has 0 atom stereocenters.